The third kappa shape index (κ3) is 6.51. The predicted molar refractivity (Wildman–Crippen MR) is 124 cm³/mol. The first-order valence-corrected chi connectivity index (χ1v) is 10.8. The lowest BCUT2D eigenvalue weighted by molar-refractivity contribution is -0.141. The van der Waals surface area contributed by atoms with Crippen LogP contribution >= 0.6 is 0 Å². The van der Waals surface area contributed by atoms with Crippen molar-refractivity contribution in [3.05, 3.63) is 107 Å². The fourth-order valence-electron chi connectivity index (χ4n) is 3.62. The van der Waals surface area contributed by atoms with E-state index in [9.17, 15) is 14.0 Å². The van der Waals surface area contributed by atoms with Crippen LogP contribution in [0.4, 0.5) is 4.39 Å². The normalized spacial score (nSPS) is 11.8. The van der Waals surface area contributed by atoms with Crippen LogP contribution in [-0.4, -0.2) is 28.8 Å². The molecule has 0 aliphatic carbocycles. The Morgan fingerprint density at radius 3 is 2.00 bits per heavy atom. The van der Waals surface area contributed by atoms with Gasteiger partial charge in [-0.05, 0) is 36.6 Å². The lowest BCUT2D eigenvalue weighted by atomic mass is 10.0. The first-order chi connectivity index (χ1) is 15.4. The first-order valence-electron chi connectivity index (χ1n) is 10.8. The van der Waals surface area contributed by atoms with Gasteiger partial charge in [-0.15, -0.1) is 0 Å². The molecule has 0 radical (unpaired) electrons. The van der Waals surface area contributed by atoms with Gasteiger partial charge in [0.15, 0.2) is 0 Å². The minimum Gasteiger partial charge on any atom is -0.352 e. The summed E-state index contributed by atoms with van der Waals surface area (Å²) < 4.78 is 14.3. The molecule has 0 saturated heterocycles. The molecule has 0 bridgehead atoms. The number of amides is 2. The lowest BCUT2D eigenvalue weighted by Gasteiger charge is -2.32. The number of carbonyl (C=O) groups excluding carboxylic acids is 2. The SMILES string of the molecule is CC(C)NC(=O)[C@@H](Cc1ccccc1)N(Cc1ccccc1)C(=O)Cc1ccccc1F. The monoisotopic (exact) mass is 432 g/mol. The Bertz CT molecular complexity index is 1020. The smallest absolute Gasteiger partial charge is 0.243 e. The first kappa shape index (κ1) is 23.2. The van der Waals surface area contributed by atoms with Gasteiger partial charge in [-0.3, -0.25) is 9.59 Å². The Morgan fingerprint density at radius 1 is 0.844 bits per heavy atom. The molecule has 0 spiro atoms. The van der Waals surface area contributed by atoms with Gasteiger partial charge in [0.2, 0.25) is 11.8 Å². The molecule has 3 aromatic carbocycles. The molecule has 3 rings (SSSR count). The highest BCUT2D eigenvalue weighted by Crippen LogP contribution is 2.17. The molecule has 3 aromatic rings. The number of nitrogens with zero attached hydrogens (tertiary/aromatic N) is 1. The van der Waals surface area contributed by atoms with E-state index in [0.29, 0.717) is 12.0 Å². The van der Waals surface area contributed by atoms with Crippen molar-refractivity contribution < 1.29 is 14.0 Å². The zero-order valence-electron chi connectivity index (χ0n) is 18.5. The van der Waals surface area contributed by atoms with Crippen LogP contribution in [0.5, 0.6) is 0 Å². The second kappa shape index (κ2) is 11.2. The summed E-state index contributed by atoms with van der Waals surface area (Å²) in [6.07, 6.45) is 0.259. The Morgan fingerprint density at radius 2 is 1.41 bits per heavy atom. The Balaban J connectivity index is 1.96. The fraction of sp³-hybridized carbons (Fsp3) is 0.259. The molecule has 1 atom stereocenters. The Labute approximate surface area is 189 Å². The van der Waals surface area contributed by atoms with E-state index in [0.717, 1.165) is 11.1 Å². The second-order valence-electron chi connectivity index (χ2n) is 8.14. The van der Waals surface area contributed by atoms with Gasteiger partial charge in [0.05, 0.1) is 6.42 Å². The maximum Gasteiger partial charge on any atom is 0.243 e. The summed E-state index contributed by atoms with van der Waals surface area (Å²) in [7, 11) is 0. The maximum absolute atomic E-state index is 14.3. The van der Waals surface area contributed by atoms with Crippen LogP contribution < -0.4 is 5.32 Å². The summed E-state index contributed by atoms with van der Waals surface area (Å²) in [6, 6.07) is 24.6. The largest absolute Gasteiger partial charge is 0.352 e. The van der Waals surface area contributed by atoms with Gasteiger partial charge in [0.1, 0.15) is 11.9 Å². The standard InChI is InChI=1S/C27H29FN2O2/c1-20(2)29-27(32)25(17-21-11-5-3-6-12-21)30(19-22-13-7-4-8-14-22)26(31)18-23-15-9-10-16-24(23)28/h3-16,20,25H,17-19H2,1-2H3,(H,29,32)/t25-/m1/s1. The highest BCUT2D eigenvalue weighted by atomic mass is 19.1. The van der Waals surface area contributed by atoms with Crippen molar-refractivity contribution in [3.8, 4) is 0 Å². The van der Waals surface area contributed by atoms with E-state index in [-0.39, 0.29) is 30.8 Å². The molecule has 0 aliphatic rings. The van der Waals surface area contributed by atoms with E-state index in [4.69, 9.17) is 0 Å². The topological polar surface area (TPSA) is 49.4 Å². The minimum absolute atomic E-state index is 0.0685. The van der Waals surface area contributed by atoms with Gasteiger partial charge >= 0.3 is 0 Å². The molecule has 32 heavy (non-hydrogen) atoms. The van der Waals surface area contributed by atoms with E-state index in [1.807, 2.05) is 74.5 Å². The van der Waals surface area contributed by atoms with Crippen molar-refractivity contribution in [3.63, 3.8) is 0 Å². The van der Waals surface area contributed by atoms with Gasteiger partial charge in [-0.2, -0.15) is 0 Å². The highest BCUT2D eigenvalue weighted by Gasteiger charge is 2.31. The lowest BCUT2D eigenvalue weighted by Crippen LogP contribution is -2.52. The highest BCUT2D eigenvalue weighted by molar-refractivity contribution is 5.89. The molecule has 166 valence electrons. The number of nitrogens with one attached hydrogen (secondary N) is 1. The number of hydrogen-bond acceptors (Lipinski definition) is 2. The van der Waals surface area contributed by atoms with Crippen LogP contribution in [0.3, 0.4) is 0 Å². The third-order valence-corrected chi connectivity index (χ3v) is 5.20. The second-order valence-corrected chi connectivity index (χ2v) is 8.14. The average molecular weight is 433 g/mol. The Kier molecular flexibility index (Phi) is 8.14. The van der Waals surface area contributed by atoms with Crippen molar-refractivity contribution in [2.24, 2.45) is 0 Å². The van der Waals surface area contributed by atoms with Crippen LogP contribution in [0.25, 0.3) is 0 Å². The van der Waals surface area contributed by atoms with Crippen molar-refractivity contribution >= 4 is 11.8 Å². The van der Waals surface area contributed by atoms with E-state index in [2.05, 4.69) is 5.32 Å². The zero-order valence-corrected chi connectivity index (χ0v) is 18.5. The molecule has 0 saturated carbocycles. The van der Waals surface area contributed by atoms with Gasteiger partial charge in [0.25, 0.3) is 0 Å². The molecular weight excluding hydrogens is 403 g/mol. The number of benzene rings is 3. The molecule has 0 unspecified atom stereocenters. The van der Waals surface area contributed by atoms with Crippen molar-refractivity contribution in [2.45, 2.75) is 45.3 Å². The number of halogens is 1. The summed E-state index contributed by atoms with van der Waals surface area (Å²) in [5, 5.41) is 2.95. The summed E-state index contributed by atoms with van der Waals surface area (Å²) >= 11 is 0. The molecule has 0 fully saturated rings. The number of hydrogen-bond donors (Lipinski definition) is 1. The molecule has 4 nitrogen and oxygen atoms in total. The van der Waals surface area contributed by atoms with E-state index in [1.165, 1.54) is 6.07 Å². The zero-order chi connectivity index (χ0) is 22.9. The fourth-order valence-corrected chi connectivity index (χ4v) is 3.62. The van der Waals surface area contributed by atoms with Gasteiger partial charge in [-0.25, -0.2) is 4.39 Å². The summed E-state index contributed by atoms with van der Waals surface area (Å²) in [5.74, 6) is -0.938. The van der Waals surface area contributed by atoms with E-state index in [1.54, 1.807) is 23.1 Å². The van der Waals surface area contributed by atoms with E-state index < -0.39 is 11.9 Å². The summed E-state index contributed by atoms with van der Waals surface area (Å²) in [5.41, 5.74) is 2.18. The molecule has 0 aromatic heterocycles. The average Bonchev–Trinajstić information content (AvgIpc) is 2.78. The van der Waals surface area contributed by atoms with Crippen LogP contribution in [0.15, 0.2) is 84.9 Å². The van der Waals surface area contributed by atoms with E-state index >= 15 is 0 Å². The number of carbonyl (C=O) groups is 2. The Hall–Kier alpha value is -3.47. The predicted octanol–water partition coefficient (Wildman–Crippen LogP) is 4.53. The number of rotatable bonds is 9. The molecule has 1 N–H and O–H groups in total. The summed E-state index contributed by atoms with van der Waals surface area (Å²) in [6.45, 7) is 4.04. The molecule has 0 heterocycles. The van der Waals surface area contributed by atoms with Crippen molar-refractivity contribution in [2.75, 3.05) is 0 Å². The van der Waals surface area contributed by atoms with Crippen LogP contribution in [0.2, 0.25) is 0 Å². The summed E-state index contributed by atoms with van der Waals surface area (Å²) in [4.78, 5) is 28.3. The van der Waals surface area contributed by atoms with Crippen LogP contribution in [-0.2, 0) is 29.0 Å². The van der Waals surface area contributed by atoms with Crippen LogP contribution in [0.1, 0.15) is 30.5 Å². The molecule has 0 aliphatic heterocycles. The van der Waals surface area contributed by atoms with Gasteiger partial charge < -0.3 is 10.2 Å². The maximum atomic E-state index is 14.3. The van der Waals surface area contributed by atoms with Crippen LogP contribution in [0, 0.1) is 5.82 Å². The van der Waals surface area contributed by atoms with Gasteiger partial charge in [0, 0.05) is 19.0 Å². The van der Waals surface area contributed by atoms with Crippen molar-refractivity contribution in [1.82, 2.24) is 10.2 Å². The quantitative estimate of drug-likeness (QED) is 0.540. The minimum atomic E-state index is -0.723. The molecular formula is C27H29FN2O2. The molecule has 5 heteroatoms. The van der Waals surface area contributed by atoms with Gasteiger partial charge in [-0.1, -0.05) is 78.9 Å². The third-order valence-electron chi connectivity index (χ3n) is 5.20. The molecule has 2 amide bonds. The van der Waals surface area contributed by atoms with Crippen molar-refractivity contribution in [1.29, 1.82) is 0 Å².